The zero-order valence-corrected chi connectivity index (χ0v) is 6.16. The second kappa shape index (κ2) is 3.19. The molecule has 0 aromatic heterocycles. The number of halogens is 1. The van der Waals surface area contributed by atoms with Crippen LogP contribution in [-0.2, 0) is 23.3 Å². The first-order valence-electron chi connectivity index (χ1n) is 1.43. The molecule has 0 saturated heterocycles. The van der Waals surface area contributed by atoms with Crippen LogP contribution in [-0.4, -0.2) is 19.1 Å². The van der Waals surface area contributed by atoms with Crippen molar-refractivity contribution in [2.75, 3.05) is 0 Å². The molecule has 0 aliphatic carbocycles. The van der Waals surface area contributed by atoms with Gasteiger partial charge in [0, 0.05) is 0 Å². The molecule has 0 amide bonds. The summed E-state index contributed by atoms with van der Waals surface area (Å²) in [6, 6.07) is 0. The van der Waals surface area contributed by atoms with Gasteiger partial charge in [-0.3, -0.25) is 0 Å². The number of rotatable bonds is 2. The molecule has 0 fully saturated rings. The van der Waals surface area contributed by atoms with Gasteiger partial charge in [-0.2, -0.15) is 8.42 Å². The van der Waals surface area contributed by atoms with Gasteiger partial charge in [0.2, 0.25) is 10.7 Å². The van der Waals surface area contributed by atoms with Crippen molar-refractivity contribution in [1.82, 2.24) is 0 Å². The number of hydrogen-bond donors (Lipinski definition) is 0. The van der Waals surface area contributed by atoms with Gasteiger partial charge in [-0.15, -0.1) is 0 Å². The Morgan fingerprint density at radius 1 is 1.67 bits per heavy atom. The monoisotopic (exact) mass is 189 g/mol. The molecule has 0 aliphatic rings. The van der Waals surface area contributed by atoms with Crippen molar-refractivity contribution in [3.8, 4) is 0 Å². The Hall–Kier alpha value is -0.0700. The van der Waals surface area contributed by atoms with Gasteiger partial charge in [-0.05, 0) is 0 Å². The van der Waals surface area contributed by atoms with Crippen LogP contribution in [0.15, 0.2) is 4.40 Å². The number of hydrogen-bond acceptors (Lipinski definition) is 5. The highest BCUT2D eigenvalue weighted by Gasteiger charge is 2.25. The van der Waals surface area contributed by atoms with E-state index in [4.69, 9.17) is 10.7 Å². The van der Waals surface area contributed by atoms with E-state index in [9.17, 15) is 17.8 Å². The van der Waals surface area contributed by atoms with Crippen LogP contribution < -0.4 is 0 Å². The molecular formula is CClNO4S2. The third-order valence-electron chi connectivity index (χ3n) is 0.277. The highest BCUT2D eigenvalue weighted by molar-refractivity contribution is 8.75. The maximum Gasteiger partial charge on any atom is 0.368 e. The van der Waals surface area contributed by atoms with E-state index < -0.39 is 18.5 Å². The third-order valence-corrected chi connectivity index (χ3v) is 3.66. The Morgan fingerprint density at radius 2 is 2.11 bits per heavy atom. The molecule has 0 aromatic carbocycles. The van der Waals surface area contributed by atoms with Crippen LogP contribution in [0.1, 0.15) is 0 Å². The van der Waals surface area contributed by atoms with E-state index in [1.165, 1.54) is 0 Å². The van der Waals surface area contributed by atoms with Gasteiger partial charge < -0.3 is 4.55 Å². The van der Waals surface area contributed by atoms with Crippen molar-refractivity contribution in [2.24, 2.45) is 4.40 Å². The summed E-state index contributed by atoms with van der Waals surface area (Å²) in [6.45, 7) is 0. The lowest BCUT2D eigenvalue weighted by Crippen LogP contribution is -2.04. The summed E-state index contributed by atoms with van der Waals surface area (Å²) in [5, 5.41) is 0. The fourth-order valence-corrected chi connectivity index (χ4v) is 0.674. The summed E-state index contributed by atoms with van der Waals surface area (Å²) in [5.74, 6) is 0. The normalized spacial score (nSPS) is 14.0. The topological polar surface area (TPSA) is 86.6 Å². The Labute approximate surface area is 57.9 Å². The summed E-state index contributed by atoms with van der Waals surface area (Å²) in [6.07, 6.45) is 0.850. The second-order valence-corrected chi connectivity index (χ2v) is 5.81. The van der Waals surface area contributed by atoms with Gasteiger partial charge in [0.15, 0.2) is 0 Å². The Morgan fingerprint density at radius 3 is 2.22 bits per heavy atom. The fraction of sp³-hybridized carbons (Fsp3) is 0. The molecule has 0 radical (unpaired) electrons. The smallest absolute Gasteiger partial charge is 0.368 e. The predicted molar refractivity (Wildman–Crippen MR) is 31.0 cm³/mol. The minimum Gasteiger partial charge on any atom is -0.704 e. The van der Waals surface area contributed by atoms with Gasteiger partial charge in [-0.1, -0.05) is 0 Å². The molecule has 0 saturated carbocycles. The summed E-state index contributed by atoms with van der Waals surface area (Å²) < 4.78 is 31.8. The Bertz CT molecular complexity index is 227. The zero-order chi connectivity index (χ0) is 7.49. The first-order valence-corrected chi connectivity index (χ1v) is 5.36. The maximum atomic E-state index is 9.77. The molecule has 0 heterocycles. The largest absolute Gasteiger partial charge is 0.704 e. The van der Waals surface area contributed by atoms with Gasteiger partial charge in [0.25, 0.3) is 6.08 Å². The van der Waals surface area contributed by atoms with Crippen molar-refractivity contribution < 1.29 is 17.8 Å². The van der Waals surface area contributed by atoms with E-state index in [0.29, 0.717) is 0 Å². The minimum absolute atomic E-state index is 0.850. The average Bonchev–Trinajstić information content (AvgIpc) is 1.64. The van der Waals surface area contributed by atoms with E-state index in [1.807, 2.05) is 0 Å². The maximum absolute atomic E-state index is 9.77. The molecule has 0 N–H and O–H groups in total. The summed E-state index contributed by atoms with van der Waals surface area (Å²) in [5.41, 5.74) is 0. The molecule has 0 aromatic rings. The van der Waals surface area contributed by atoms with E-state index in [0.717, 1.165) is 6.08 Å². The highest BCUT2D eigenvalue weighted by atomic mass is 35.8. The molecule has 0 bridgehead atoms. The molecule has 0 rings (SSSR count). The number of nitrogens with zero attached hydrogens (tertiary/aromatic N) is 1. The zero-order valence-electron chi connectivity index (χ0n) is 3.77. The molecule has 1 atom stereocenters. The van der Waals surface area contributed by atoms with Gasteiger partial charge >= 0.3 is 18.5 Å². The standard InChI is InChI=1S/CClNO4S2/c2-8(3-1-4)9(5,6)7. The van der Waals surface area contributed by atoms with Crippen molar-refractivity contribution in [2.45, 2.75) is 0 Å². The van der Waals surface area contributed by atoms with Crippen LogP contribution in [0.4, 0.5) is 0 Å². The number of isocyanates is 1. The van der Waals surface area contributed by atoms with Crippen LogP contribution in [0, 0.1) is 0 Å². The van der Waals surface area contributed by atoms with Crippen LogP contribution >= 0.6 is 10.7 Å². The quantitative estimate of drug-likeness (QED) is 0.192. The molecule has 52 valence electrons. The van der Waals surface area contributed by atoms with Crippen molar-refractivity contribution in [1.29, 1.82) is 0 Å². The fourth-order valence-electron chi connectivity index (χ4n) is 0.0749. The average molecular weight is 190 g/mol. The van der Waals surface area contributed by atoms with Crippen molar-refractivity contribution in [3.63, 3.8) is 0 Å². The van der Waals surface area contributed by atoms with E-state index in [1.54, 1.807) is 0 Å². The van der Waals surface area contributed by atoms with E-state index in [-0.39, 0.29) is 0 Å². The van der Waals surface area contributed by atoms with E-state index >= 15 is 0 Å². The lowest BCUT2D eigenvalue weighted by Gasteiger charge is -1.91. The van der Waals surface area contributed by atoms with Crippen LogP contribution in [0.2, 0.25) is 0 Å². The van der Waals surface area contributed by atoms with Crippen LogP contribution in [0.5, 0.6) is 0 Å². The molecule has 0 aliphatic heterocycles. The Balaban J connectivity index is 4.42. The second-order valence-electron chi connectivity index (χ2n) is 0.797. The minimum atomic E-state index is -4.65. The molecular weight excluding hydrogens is 190 g/mol. The summed E-state index contributed by atoms with van der Waals surface area (Å²) >= 11 is 0. The lowest BCUT2D eigenvalue weighted by atomic mass is 11.7. The number of carbonyl (C=O) groups excluding carboxylic acids is 1. The van der Waals surface area contributed by atoms with Crippen molar-refractivity contribution >= 4 is 35.2 Å². The molecule has 5 nitrogen and oxygen atoms in total. The van der Waals surface area contributed by atoms with Gasteiger partial charge in [0.1, 0.15) is 0 Å². The summed E-state index contributed by atoms with van der Waals surface area (Å²) in [7, 11) is -2.19. The van der Waals surface area contributed by atoms with E-state index in [2.05, 4.69) is 4.40 Å². The SMILES string of the molecule is O=C=N[S+](Cl)S(=O)(=O)[O-]. The summed E-state index contributed by atoms with van der Waals surface area (Å²) in [4.78, 5) is 9.29. The van der Waals surface area contributed by atoms with Crippen molar-refractivity contribution in [3.05, 3.63) is 0 Å². The van der Waals surface area contributed by atoms with Gasteiger partial charge in [0.05, 0.1) is 4.40 Å². The lowest BCUT2D eigenvalue weighted by molar-refractivity contribution is 0.482. The van der Waals surface area contributed by atoms with Crippen LogP contribution in [0.25, 0.3) is 0 Å². The molecule has 9 heavy (non-hydrogen) atoms. The third kappa shape index (κ3) is 3.50. The van der Waals surface area contributed by atoms with Gasteiger partial charge in [-0.25, -0.2) is 4.79 Å². The molecule has 0 spiro atoms. The first kappa shape index (κ1) is 8.93. The Kier molecular flexibility index (Phi) is 3.16. The highest BCUT2D eigenvalue weighted by Crippen LogP contribution is 2.10. The molecule has 8 heteroatoms. The molecule has 1 unspecified atom stereocenters. The predicted octanol–water partition coefficient (Wildman–Crippen LogP) is -0.530. The first-order chi connectivity index (χ1) is 3.98. The van der Waals surface area contributed by atoms with Crippen LogP contribution in [0.3, 0.4) is 0 Å².